The lowest BCUT2D eigenvalue weighted by molar-refractivity contribution is -0.124. The van der Waals surface area contributed by atoms with Gasteiger partial charge in [-0.1, -0.05) is 36.8 Å². The van der Waals surface area contributed by atoms with Crippen molar-refractivity contribution in [3.63, 3.8) is 0 Å². The average molecular weight is 368 g/mol. The molecule has 1 amide bonds. The van der Waals surface area contributed by atoms with E-state index in [1.54, 1.807) is 19.1 Å². The summed E-state index contributed by atoms with van der Waals surface area (Å²) in [7, 11) is 0. The van der Waals surface area contributed by atoms with Gasteiger partial charge in [-0.05, 0) is 37.5 Å². The number of carbonyl (C=O) groups excluding carboxylic acids is 2. The monoisotopic (exact) mass is 368 g/mol. The maximum Gasteiger partial charge on any atom is 0.344 e. The van der Waals surface area contributed by atoms with E-state index in [-0.39, 0.29) is 29.4 Å². The van der Waals surface area contributed by atoms with E-state index in [2.05, 4.69) is 22.4 Å². The fourth-order valence-corrected chi connectivity index (χ4v) is 3.29. The SMILES string of the molecule is CCOc1ncccc1C(=O)OCC(=O)NCC1(c2ccccc2)CCC1. The predicted octanol–water partition coefficient (Wildman–Crippen LogP) is 2.88. The van der Waals surface area contributed by atoms with Crippen molar-refractivity contribution >= 4 is 11.9 Å². The highest BCUT2D eigenvalue weighted by molar-refractivity contribution is 5.93. The summed E-state index contributed by atoms with van der Waals surface area (Å²) in [6.45, 7) is 2.41. The Kier molecular flexibility index (Phi) is 6.06. The topological polar surface area (TPSA) is 77.5 Å². The highest BCUT2D eigenvalue weighted by Crippen LogP contribution is 2.43. The third kappa shape index (κ3) is 4.45. The fourth-order valence-electron chi connectivity index (χ4n) is 3.29. The smallest absolute Gasteiger partial charge is 0.344 e. The van der Waals surface area contributed by atoms with Gasteiger partial charge in [-0.2, -0.15) is 0 Å². The van der Waals surface area contributed by atoms with Crippen LogP contribution in [0.1, 0.15) is 42.1 Å². The van der Waals surface area contributed by atoms with Crippen molar-refractivity contribution in [3.8, 4) is 5.88 Å². The lowest BCUT2D eigenvalue weighted by atomic mass is 9.64. The summed E-state index contributed by atoms with van der Waals surface area (Å²) in [5, 5.41) is 2.91. The third-order valence-electron chi connectivity index (χ3n) is 4.93. The van der Waals surface area contributed by atoms with Gasteiger partial charge in [0.15, 0.2) is 6.61 Å². The van der Waals surface area contributed by atoms with Gasteiger partial charge in [0.05, 0.1) is 6.61 Å². The predicted molar refractivity (Wildman–Crippen MR) is 101 cm³/mol. The maximum absolute atomic E-state index is 12.2. The number of hydrogen-bond donors (Lipinski definition) is 1. The van der Waals surface area contributed by atoms with Gasteiger partial charge in [0.2, 0.25) is 5.88 Å². The normalized spacial score (nSPS) is 14.7. The van der Waals surface area contributed by atoms with Crippen LogP contribution in [0.15, 0.2) is 48.7 Å². The lowest BCUT2D eigenvalue weighted by Gasteiger charge is -2.42. The first kappa shape index (κ1) is 18.9. The van der Waals surface area contributed by atoms with E-state index in [0.29, 0.717) is 13.2 Å². The summed E-state index contributed by atoms with van der Waals surface area (Å²) in [4.78, 5) is 28.4. The van der Waals surface area contributed by atoms with Gasteiger partial charge in [0.25, 0.3) is 5.91 Å². The van der Waals surface area contributed by atoms with Crippen LogP contribution in [0, 0.1) is 0 Å². The van der Waals surface area contributed by atoms with Crippen molar-refractivity contribution in [2.24, 2.45) is 0 Å². The number of amides is 1. The molecule has 27 heavy (non-hydrogen) atoms. The van der Waals surface area contributed by atoms with E-state index in [0.717, 1.165) is 19.3 Å². The molecule has 0 saturated heterocycles. The van der Waals surface area contributed by atoms with Gasteiger partial charge in [-0.25, -0.2) is 9.78 Å². The van der Waals surface area contributed by atoms with Crippen molar-refractivity contribution in [1.29, 1.82) is 0 Å². The zero-order valence-electron chi connectivity index (χ0n) is 15.4. The molecule has 6 nitrogen and oxygen atoms in total. The van der Waals surface area contributed by atoms with Crippen molar-refractivity contribution in [2.75, 3.05) is 19.8 Å². The number of benzene rings is 1. The highest BCUT2D eigenvalue weighted by Gasteiger charge is 2.38. The fraction of sp³-hybridized carbons (Fsp3) is 0.381. The minimum absolute atomic E-state index is 0.00753. The Bertz CT molecular complexity index is 788. The number of rotatable bonds is 8. The standard InChI is InChI=1S/C21H24N2O4/c1-2-26-19-17(10-6-13-22-19)20(25)27-14-18(24)23-15-21(11-7-12-21)16-8-4-3-5-9-16/h3-6,8-10,13H,2,7,11-12,14-15H2,1H3,(H,23,24). The first-order valence-corrected chi connectivity index (χ1v) is 9.22. The molecular weight excluding hydrogens is 344 g/mol. The van der Waals surface area contributed by atoms with Crippen LogP contribution >= 0.6 is 0 Å². The van der Waals surface area contributed by atoms with Crippen LogP contribution in [0.4, 0.5) is 0 Å². The first-order valence-electron chi connectivity index (χ1n) is 9.22. The van der Waals surface area contributed by atoms with Gasteiger partial charge >= 0.3 is 5.97 Å². The molecule has 1 aliphatic rings. The van der Waals surface area contributed by atoms with E-state index < -0.39 is 5.97 Å². The van der Waals surface area contributed by atoms with Crippen LogP contribution in [-0.4, -0.2) is 36.6 Å². The zero-order valence-corrected chi connectivity index (χ0v) is 15.4. The summed E-state index contributed by atoms with van der Waals surface area (Å²) in [6.07, 6.45) is 4.78. The largest absolute Gasteiger partial charge is 0.477 e. The molecule has 3 rings (SSSR count). The number of esters is 1. The van der Waals surface area contributed by atoms with Gasteiger partial charge in [-0.3, -0.25) is 4.79 Å². The molecule has 1 aliphatic carbocycles. The van der Waals surface area contributed by atoms with Crippen LogP contribution < -0.4 is 10.1 Å². The van der Waals surface area contributed by atoms with E-state index in [4.69, 9.17) is 9.47 Å². The third-order valence-corrected chi connectivity index (χ3v) is 4.93. The molecule has 0 aliphatic heterocycles. The number of aromatic nitrogens is 1. The molecule has 142 valence electrons. The Hall–Kier alpha value is -2.89. The molecule has 0 spiro atoms. The quantitative estimate of drug-likeness (QED) is 0.725. The summed E-state index contributed by atoms with van der Waals surface area (Å²) in [5.41, 5.74) is 1.45. The second-order valence-corrected chi connectivity index (χ2v) is 6.64. The molecular formula is C21H24N2O4. The Morgan fingerprint density at radius 1 is 1.15 bits per heavy atom. The Labute approximate surface area is 158 Å². The van der Waals surface area contributed by atoms with E-state index >= 15 is 0 Å². The molecule has 1 aromatic heterocycles. The van der Waals surface area contributed by atoms with Crippen molar-refractivity contribution < 1.29 is 19.1 Å². The maximum atomic E-state index is 12.2. The van der Waals surface area contributed by atoms with Gasteiger partial charge in [-0.15, -0.1) is 0 Å². The second kappa shape index (κ2) is 8.66. The van der Waals surface area contributed by atoms with E-state index in [1.165, 1.54) is 11.8 Å². The molecule has 1 fully saturated rings. The molecule has 1 saturated carbocycles. The second-order valence-electron chi connectivity index (χ2n) is 6.64. The van der Waals surface area contributed by atoms with Crippen LogP contribution in [0.25, 0.3) is 0 Å². The molecule has 0 atom stereocenters. The van der Waals surface area contributed by atoms with Crippen LogP contribution in [0.5, 0.6) is 5.88 Å². The number of ether oxygens (including phenoxy) is 2. The Morgan fingerprint density at radius 3 is 2.59 bits per heavy atom. The zero-order chi connectivity index (χ0) is 19.1. The van der Waals surface area contributed by atoms with E-state index in [9.17, 15) is 9.59 Å². The van der Waals surface area contributed by atoms with Crippen LogP contribution in [0.3, 0.4) is 0 Å². The molecule has 0 radical (unpaired) electrons. The molecule has 1 aromatic carbocycles. The van der Waals surface area contributed by atoms with Crippen molar-refractivity contribution in [2.45, 2.75) is 31.6 Å². The summed E-state index contributed by atoms with van der Waals surface area (Å²) in [5.74, 6) is -0.724. The van der Waals surface area contributed by atoms with Crippen LogP contribution in [-0.2, 0) is 14.9 Å². The Morgan fingerprint density at radius 2 is 1.93 bits per heavy atom. The summed E-state index contributed by atoms with van der Waals surface area (Å²) < 4.78 is 10.4. The number of carbonyl (C=O) groups is 2. The average Bonchev–Trinajstić information content (AvgIpc) is 2.67. The van der Waals surface area contributed by atoms with Crippen molar-refractivity contribution in [1.82, 2.24) is 10.3 Å². The summed E-state index contributed by atoms with van der Waals surface area (Å²) >= 11 is 0. The minimum atomic E-state index is -0.622. The molecule has 0 bridgehead atoms. The molecule has 0 unspecified atom stereocenters. The van der Waals surface area contributed by atoms with Crippen LogP contribution in [0.2, 0.25) is 0 Å². The minimum Gasteiger partial charge on any atom is -0.477 e. The Balaban J connectivity index is 1.52. The number of pyridine rings is 1. The highest BCUT2D eigenvalue weighted by atomic mass is 16.5. The molecule has 1 heterocycles. The molecule has 6 heteroatoms. The van der Waals surface area contributed by atoms with Gasteiger partial charge < -0.3 is 14.8 Å². The first-order chi connectivity index (χ1) is 13.1. The number of nitrogens with one attached hydrogen (secondary N) is 1. The molecule has 1 N–H and O–H groups in total. The number of nitrogens with zero attached hydrogens (tertiary/aromatic N) is 1. The van der Waals surface area contributed by atoms with Gasteiger partial charge in [0.1, 0.15) is 5.56 Å². The summed E-state index contributed by atoms with van der Waals surface area (Å²) in [6, 6.07) is 13.4. The lowest BCUT2D eigenvalue weighted by Crippen LogP contribution is -2.46. The number of hydrogen-bond acceptors (Lipinski definition) is 5. The van der Waals surface area contributed by atoms with E-state index in [1.807, 2.05) is 18.2 Å². The molecule has 2 aromatic rings. The van der Waals surface area contributed by atoms with Gasteiger partial charge in [0, 0.05) is 18.2 Å². The van der Waals surface area contributed by atoms with Crippen molar-refractivity contribution in [3.05, 3.63) is 59.8 Å².